The van der Waals surface area contributed by atoms with Gasteiger partial charge in [0.05, 0.1) is 5.69 Å². The van der Waals surface area contributed by atoms with Crippen LogP contribution < -0.4 is 10.2 Å². The highest BCUT2D eigenvalue weighted by atomic mass is 79.9. The molecule has 2 fully saturated rings. The molecule has 1 aliphatic heterocycles. The number of anilines is 1. The Morgan fingerprint density at radius 3 is 2.33 bits per heavy atom. The fourth-order valence-electron chi connectivity index (χ4n) is 4.05. The Hall–Kier alpha value is -1.56. The van der Waals surface area contributed by atoms with Gasteiger partial charge in [-0.25, -0.2) is 9.69 Å². The number of amides is 3. The molecule has 2 atom stereocenters. The summed E-state index contributed by atoms with van der Waals surface area (Å²) in [6.45, 7) is 0. The third kappa shape index (κ3) is 3.37. The van der Waals surface area contributed by atoms with Crippen LogP contribution in [0.1, 0.15) is 38.2 Å². The average molecular weight is 470 g/mol. The van der Waals surface area contributed by atoms with Crippen LogP contribution in [0.2, 0.25) is 10.0 Å². The molecule has 2 aliphatic rings. The van der Waals surface area contributed by atoms with Gasteiger partial charge in [-0.3, -0.25) is 4.79 Å². The number of carbonyl (C=O) groups excluding carboxylic acids is 2. The molecule has 1 heterocycles. The first-order valence-corrected chi connectivity index (χ1v) is 9.84. The van der Waals surface area contributed by atoms with Crippen LogP contribution in [0, 0.1) is 0 Å². The first kappa shape index (κ1) is 20.2. The van der Waals surface area contributed by atoms with Crippen LogP contribution in [-0.2, 0) is 4.79 Å². The third-order valence-electron chi connectivity index (χ3n) is 5.15. The number of urea groups is 1. The molecule has 1 saturated carbocycles. The number of imide groups is 1. The fourth-order valence-corrected chi connectivity index (χ4v) is 4.83. The van der Waals surface area contributed by atoms with E-state index in [4.69, 9.17) is 23.2 Å². The summed E-state index contributed by atoms with van der Waals surface area (Å²) in [5, 5.41) is 3.73. The number of hydrogen-bond donors (Lipinski definition) is 1. The quantitative estimate of drug-likeness (QED) is 0.535. The van der Waals surface area contributed by atoms with Gasteiger partial charge in [-0.05, 0) is 55.2 Å². The topological polar surface area (TPSA) is 49.4 Å². The number of rotatable bonds is 2. The Morgan fingerprint density at radius 1 is 1.07 bits per heavy atom. The molecule has 2 aromatic rings. The third-order valence-corrected chi connectivity index (χ3v) is 6.12. The van der Waals surface area contributed by atoms with E-state index >= 15 is 0 Å². The molecule has 4 rings (SSSR count). The van der Waals surface area contributed by atoms with E-state index in [0.717, 1.165) is 27.8 Å². The molecule has 1 N–H and O–H groups in total. The van der Waals surface area contributed by atoms with Crippen molar-refractivity contribution in [3.8, 4) is 0 Å². The predicted octanol–water partition coefficient (Wildman–Crippen LogP) is 6.15. The van der Waals surface area contributed by atoms with Gasteiger partial charge in [0.2, 0.25) is 0 Å². The lowest BCUT2D eigenvalue weighted by Gasteiger charge is -2.29. The molecule has 0 bridgehead atoms. The molecule has 7 heteroatoms. The van der Waals surface area contributed by atoms with Gasteiger partial charge >= 0.3 is 6.03 Å². The Kier molecular flexibility index (Phi) is 5.57. The van der Waals surface area contributed by atoms with Crippen molar-refractivity contribution in [1.82, 2.24) is 5.32 Å². The van der Waals surface area contributed by atoms with Crippen LogP contribution in [0.25, 0.3) is 0 Å². The van der Waals surface area contributed by atoms with Crippen molar-refractivity contribution in [3.05, 3.63) is 62.5 Å². The molecule has 0 radical (unpaired) electrons. The molecule has 0 aromatic heterocycles. The summed E-state index contributed by atoms with van der Waals surface area (Å²) in [5.41, 5.74) is 0.522. The standard InChI is InChI=1S/C19H15BrCl2N2O2.CH4/c20-12-5-3-11(4-6-12)16-2-1-7-19(16)17(25)24(18(26)23-19)15-9-13(21)8-14(22)10-15;/h3-6,8-10,16H,1-2,7H2,(H,23,26);1H4/t16-,19+;/m0./s1. The highest BCUT2D eigenvalue weighted by molar-refractivity contribution is 9.10. The lowest BCUT2D eigenvalue weighted by atomic mass is 9.82. The van der Waals surface area contributed by atoms with Gasteiger partial charge in [-0.15, -0.1) is 0 Å². The van der Waals surface area contributed by atoms with Crippen molar-refractivity contribution in [2.45, 2.75) is 38.1 Å². The summed E-state index contributed by atoms with van der Waals surface area (Å²) in [6.07, 6.45) is 2.33. The number of halogens is 3. The average Bonchev–Trinajstić information content (AvgIpc) is 3.09. The highest BCUT2D eigenvalue weighted by Gasteiger charge is 2.58. The first-order valence-electron chi connectivity index (χ1n) is 8.29. The summed E-state index contributed by atoms with van der Waals surface area (Å²) < 4.78 is 0.977. The van der Waals surface area contributed by atoms with Crippen molar-refractivity contribution in [2.75, 3.05) is 4.90 Å². The van der Waals surface area contributed by atoms with Crippen molar-refractivity contribution in [3.63, 3.8) is 0 Å². The van der Waals surface area contributed by atoms with E-state index < -0.39 is 11.6 Å². The molecule has 142 valence electrons. The second-order valence-corrected chi connectivity index (χ2v) is 8.45. The largest absolute Gasteiger partial charge is 0.329 e. The van der Waals surface area contributed by atoms with Gasteiger partial charge in [-0.1, -0.05) is 58.7 Å². The second-order valence-electron chi connectivity index (χ2n) is 6.67. The molecule has 3 amide bonds. The lowest BCUT2D eigenvalue weighted by molar-refractivity contribution is -0.122. The molecular weight excluding hydrogens is 451 g/mol. The molecule has 0 unspecified atom stereocenters. The van der Waals surface area contributed by atoms with E-state index in [9.17, 15) is 9.59 Å². The maximum absolute atomic E-state index is 13.4. The summed E-state index contributed by atoms with van der Waals surface area (Å²) in [5.74, 6) is -0.307. The smallest absolute Gasteiger partial charge is 0.322 e. The Morgan fingerprint density at radius 2 is 1.70 bits per heavy atom. The minimum absolute atomic E-state index is 0. The summed E-state index contributed by atoms with van der Waals surface area (Å²) in [7, 11) is 0. The number of benzene rings is 2. The van der Waals surface area contributed by atoms with E-state index in [1.54, 1.807) is 18.2 Å². The molecule has 2 aromatic carbocycles. The molecule has 1 spiro atoms. The van der Waals surface area contributed by atoms with Crippen LogP contribution in [-0.4, -0.2) is 17.5 Å². The van der Waals surface area contributed by atoms with Crippen LogP contribution >= 0.6 is 39.1 Å². The molecule has 4 nitrogen and oxygen atoms in total. The van der Waals surface area contributed by atoms with Crippen molar-refractivity contribution in [1.29, 1.82) is 0 Å². The van der Waals surface area contributed by atoms with Crippen LogP contribution in [0.3, 0.4) is 0 Å². The fraction of sp³-hybridized carbons (Fsp3) is 0.300. The zero-order chi connectivity index (χ0) is 18.5. The Bertz CT molecular complexity index is 883. The van der Waals surface area contributed by atoms with Gasteiger partial charge in [0.25, 0.3) is 5.91 Å². The zero-order valence-electron chi connectivity index (χ0n) is 13.6. The number of nitrogens with zero attached hydrogens (tertiary/aromatic N) is 1. The van der Waals surface area contributed by atoms with Gasteiger partial charge in [0, 0.05) is 20.4 Å². The Labute approximate surface area is 177 Å². The molecule has 1 aliphatic carbocycles. The number of nitrogens with one attached hydrogen (secondary N) is 1. The lowest BCUT2D eigenvalue weighted by Crippen LogP contribution is -2.49. The SMILES string of the molecule is C.O=C1N[C@@]2(CCC[C@H]2c2ccc(Br)cc2)C(=O)N1c1cc(Cl)cc(Cl)c1. The molecule has 27 heavy (non-hydrogen) atoms. The van der Waals surface area contributed by atoms with E-state index in [1.807, 2.05) is 24.3 Å². The molecule has 1 saturated heterocycles. The predicted molar refractivity (Wildman–Crippen MR) is 113 cm³/mol. The summed E-state index contributed by atoms with van der Waals surface area (Å²) >= 11 is 15.5. The maximum Gasteiger partial charge on any atom is 0.329 e. The first-order chi connectivity index (χ1) is 12.4. The normalized spacial score (nSPS) is 24.3. The number of carbonyl (C=O) groups is 2. The van der Waals surface area contributed by atoms with Crippen LogP contribution in [0.15, 0.2) is 46.9 Å². The van der Waals surface area contributed by atoms with Gasteiger partial charge in [-0.2, -0.15) is 0 Å². The second kappa shape index (κ2) is 7.46. The van der Waals surface area contributed by atoms with Crippen LogP contribution in [0.4, 0.5) is 10.5 Å². The van der Waals surface area contributed by atoms with E-state index in [1.165, 1.54) is 0 Å². The van der Waals surface area contributed by atoms with Gasteiger partial charge in [0.1, 0.15) is 5.54 Å². The summed E-state index contributed by atoms with van der Waals surface area (Å²) in [4.78, 5) is 27.2. The maximum atomic E-state index is 13.4. The Balaban J connectivity index is 0.00000210. The number of hydrogen-bond acceptors (Lipinski definition) is 2. The van der Waals surface area contributed by atoms with E-state index in [0.29, 0.717) is 22.2 Å². The van der Waals surface area contributed by atoms with Crippen molar-refractivity contribution < 1.29 is 9.59 Å². The minimum Gasteiger partial charge on any atom is -0.322 e. The summed E-state index contributed by atoms with van der Waals surface area (Å²) in [6, 6.07) is 12.2. The van der Waals surface area contributed by atoms with E-state index in [-0.39, 0.29) is 19.3 Å². The van der Waals surface area contributed by atoms with Crippen LogP contribution in [0.5, 0.6) is 0 Å². The highest BCUT2D eigenvalue weighted by Crippen LogP contribution is 2.47. The monoisotopic (exact) mass is 468 g/mol. The minimum atomic E-state index is -0.917. The van der Waals surface area contributed by atoms with E-state index in [2.05, 4.69) is 21.2 Å². The van der Waals surface area contributed by atoms with Crippen molar-refractivity contribution in [2.24, 2.45) is 0 Å². The van der Waals surface area contributed by atoms with Gasteiger partial charge in [0.15, 0.2) is 0 Å². The van der Waals surface area contributed by atoms with Gasteiger partial charge < -0.3 is 5.32 Å². The van der Waals surface area contributed by atoms with Crippen molar-refractivity contribution >= 4 is 56.8 Å². The molecular formula is C20H19BrCl2N2O2. The zero-order valence-corrected chi connectivity index (χ0v) is 16.7.